The molecule has 0 aliphatic carbocycles. The lowest BCUT2D eigenvalue weighted by Gasteiger charge is -2.10. The van der Waals surface area contributed by atoms with Gasteiger partial charge in [0, 0.05) is 51.4 Å². The van der Waals surface area contributed by atoms with E-state index in [1.165, 1.54) is 5.56 Å². The van der Waals surface area contributed by atoms with Gasteiger partial charge in [-0.15, -0.1) is 0 Å². The van der Waals surface area contributed by atoms with Crippen molar-refractivity contribution in [3.8, 4) is 5.75 Å². The molecular weight excluding hydrogens is 240 g/mol. The number of ether oxygens (including phenoxy) is 1. The van der Waals surface area contributed by atoms with Crippen molar-refractivity contribution in [3.05, 3.63) is 29.8 Å². The van der Waals surface area contributed by atoms with E-state index in [0.717, 1.165) is 45.0 Å². The third-order valence-electron chi connectivity index (χ3n) is 2.79. The van der Waals surface area contributed by atoms with E-state index in [4.69, 9.17) is 10.5 Å². The minimum Gasteiger partial charge on any atom is -0.496 e. The molecule has 0 amide bonds. The molecule has 5 heteroatoms. The Balaban J connectivity index is 2.01. The van der Waals surface area contributed by atoms with Crippen LogP contribution in [0.4, 0.5) is 0 Å². The molecule has 108 valence electrons. The van der Waals surface area contributed by atoms with Crippen LogP contribution in [0.1, 0.15) is 5.56 Å². The molecule has 19 heavy (non-hydrogen) atoms. The van der Waals surface area contributed by atoms with Crippen molar-refractivity contribution in [2.75, 3.05) is 46.4 Å². The van der Waals surface area contributed by atoms with Gasteiger partial charge in [0.2, 0.25) is 0 Å². The van der Waals surface area contributed by atoms with Crippen molar-refractivity contribution in [1.82, 2.24) is 16.0 Å². The van der Waals surface area contributed by atoms with Gasteiger partial charge in [0.25, 0.3) is 0 Å². The van der Waals surface area contributed by atoms with Crippen molar-refractivity contribution in [2.45, 2.75) is 6.54 Å². The smallest absolute Gasteiger partial charge is 0.123 e. The topological polar surface area (TPSA) is 71.3 Å². The van der Waals surface area contributed by atoms with Crippen molar-refractivity contribution < 1.29 is 4.74 Å². The fraction of sp³-hybridized carbons (Fsp3) is 0.571. The molecule has 0 heterocycles. The predicted molar refractivity (Wildman–Crippen MR) is 79.5 cm³/mol. The van der Waals surface area contributed by atoms with Crippen LogP contribution in [0.25, 0.3) is 0 Å². The van der Waals surface area contributed by atoms with Crippen molar-refractivity contribution in [3.63, 3.8) is 0 Å². The summed E-state index contributed by atoms with van der Waals surface area (Å²) in [5.74, 6) is 0.939. The van der Waals surface area contributed by atoms with E-state index in [2.05, 4.69) is 22.0 Å². The van der Waals surface area contributed by atoms with Crippen molar-refractivity contribution >= 4 is 0 Å². The van der Waals surface area contributed by atoms with Crippen LogP contribution in [0.5, 0.6) is 5.75 Å². The number of nitrogens with one attached hydrogen (secondary N) is 3. The average Bonchev–Trinajstić information content (AvgIpc) is 2.46. The van der Waals surface area contributed by atoms with E-state index in [1.807, 2.05) is 18.2 Å². The summed E-state index contributed by atoms with van der Waals surface area (Å²) in [5, 5.41) is 10.0. The predicted octanol–water partition coefficient (Wildman–Crippen LogP) is -0.0773. The number of hydrogen-bond donors (Lipinski definition) is 4. The molecule has 0 radical (unpaired) electrons. The maximum absolute atomic E-state index is 5.38. The first kappa shape index (κ1) is 15.9. The highest BCUT2D eigenvalue weighted by Gasteiger charge is 1.99. The van der Waals surface area contributed by atoms with Crippen LogP contribution in [0, 0.1) is 0 Å². The first-order valence-electron chi connectivity index (χ1n) is 6.82. The minimum atomic E-state index is 0.695. The molecule has 0 aromatic heterocycles. The van der Waals surface area contributed by atoms with E-state index >= 15 is 0 Å². The second-order valence-electron chi connectivity index (χ2n) is 4.28. The molecular formula is C14H26N4O. The molecule has 1 aromatic carbocycles. The normalized spacial score (nSPS) is 10.6. The van der Waals surface area contributed by atoms with Crippen LogP contribution in [0.3, 0.4) is 0 Å². The summed E-state index contributed by atoms with van der Waals surface area (Å²) in [6, 6.07) is 8.08. The lowest BCUT2D eigenvalue weighted by Crippen LogP contribution is -2.34. The number of hydrogen-bond acceptors (Lipinski definition) is 5. The fourth-order valence-electron chi connectivity index (χ4n) is 1.78. The summed E-state index contributed by atoms with van der Waals surface area (Å²) >= 11 is 0. The molecule has 0 saturated heterocycles. The molecule has 0 aliphatic heterocycles. The Kier molecular flexibility index (Phi) is 9.01. The Morgan fingerprint density at radius 1 is 0.947 bits per heavy atom. The van der Waals surface area contributed by atoms with E-state index < -0.39 is 0 Å². The molecule has 0 spiro atoms. The summed E-state index contributed by atoms with van der Waals surface area (Å²) in [4.78, 5) is 0. The van der Waals surface area contributed by atoms with Crippen LogP contribution in [-0.2, 0) is 6.54 Å². The second kappa shape index (κ2) is 10.8. The summed E-state index contributed by atoms with van der Waals surface area (Å²) in [6.45, 7) is 6.24. The van der Waals surface area contributed by atoms with Crippen LogP contribution in [-0.4, -0.2) is 46.4 Å². The maximum atomic E-state index is 5.38. The molecule has 0 saturated carbocycles. The molecule has 0 atom stereocenters. The van der Waals surface area contributed by atoms with Gasteiger partial charge in [-0.2, -0.15) is 0 Å². The maximum Gasteiger partial charge on any atom is 0.123 e. The minimum absolute atomic E-state index is 0.695. The number of benzene rings is 1. The largest absolute Gasteiger partial charge is 0.496 e. The van der Waals surface area contributed by atoms with E-state index in [1.54, 1.807) is 7.11 Å². The van der Waals surface area contributed by atoms with Gasteiger partial charge < -0.3 is 26.4 Å². The standard InChI is InChI=1S/C14H26N4O/c1-19-14-5-3-2-4-13(14)12-18-11-10-17-9-8-16-7-6-15/h2-5,16-18H,6-12,15H2,1H3. The zero-order valence-electron chi connectivity index (χ0n) is 11.7. The number of rotatable bonds is 11. The summed E-state index contributed by atoms with van der Waals surface area (Å²) in [7, 11) is 1.70. The van der Waals surface area contributed by atoms with Crippen LogP contribution in [0.2, 0.25) is 0 Å². The molecule has 0 fully saturated rings. The third-order valence-corrected chi connectivity index (χ3v) is 2.79. The van der Waals surface area contributed by atoms with Crippen molar-refractivity contribution in [1.29, 1.82) is 0 Å². The Hall–Kier alpha value is -1.14. The Morgan fingerprint density at radius 3 is 2.26 bits per heavy atom. The zero-order chi connectivity index (χ0) is 13.8. The van der Waals surface area contributed by atoms with Gasteiger partial charge in [0.1, 0.15) is 5.75 Å². The van der Waals surface area contributed by atoms with E-state index in [-0.39, 0.29) is 0 Å². The third kappa shape index (κ3) is 7.12. The highest BCUT2D eigenvalue weighted by atomic mass is 16.5. The Bertz CT molecular complexity index is 333. The molecule has 0 bridgehead atoms. The number of nitrogens with two attached hydrogens (primary N) is 1. The van der Waals surface area contributed by atoms with Gasteiger partial charge >= 0.3 is 0 Å². The first-order chi connectivity index (χ1) is 9.38. The fourth-order valence-corrected chi connectivity index (χ4v) is 1.78. The molecule has 0 unspecified atom stereocenters. The highest BCUT2D eigenvalue weighted by molar-refractivity contribution is 5.32. The average molecular weight is 266 g/mol. The van der Waals surface area contributed by atoms with Crippen LogP contribution in [0.15, 0.2) is 24.3 Å². The number of methoxy groups -OCH3 is 1. The molecule has 0 aliphatic rings. The van der Waals surface area contributed by atoms with Gasteiger partial charge in [0.15, 0.2) is 0 Å². The quantitative estimate of drug-likeness (QED) is 0.422. The zero-order valence-corrected chi connectivity index (χ0v) is 11.7. The Morgan fingerprint density at radius 2 is 1.58 bits per heavy atom. The molecule has 5 N–H and O–H groups in total. The van der Waals surface area contributed by atoms with Gasteiger partial charge in [-0.05, 0) is 6.07 Å². The highest BCUT2D eigenvalue weighted by Crippen LogP contribution is 2.16. The SMILES string of the molecule is COc1ccccc1CNCCNCCNCCN. The number of para-hydroxylation sites is 1. The summed E-state index contributed by atoms with van der Waals surface area (Å²) < 4.78 is 5.30. The monoisotopic (exact) mass is 266 g/mol. The van der Waals surface area contributed by atoms with Gasteiger partial charge in [-0.25, -0.2) is 0 Å². The van der Waals surface area contributed by atoms with Gasteiger partial charge in [0.05, 0.1) is 7.11 Å². The van der Waals surface area contributed by atoms with Crippen molar-refractivity contribution in [2.24, 2.45) is 5.73 Å². The van der Waals surface area contributed by atoms with E-state index in [0.29, 0.717) is 6.54 Å². The first-order valence-corrected chi connectivity index (χ1v) is 6.82. The molecule has 1 rings (SSSR count). The van der Waals surface area contributed by atoms with Crippen LogP contribution >= 0.6 is 0 Å². The van der Waals surface area contributed by atoms with E-state index in [9.17, 15) is 0 Å². The lowest BCUT2D eigenvalue weighted by atomic mass is 10.2. The van der Waals surface area contributed by atoms with Gasteiger partial charge in [-0.3, -0.25) is 0 Å². The summed E-state index contributed by atoms with van der Waals surface area (Å²) in [5.41, 5.74) is 6.57. The van der Waals surface area contributed by atoms with Crippen LogP contribution < -0.4 is 26.4 Å². The molecule has 1 aromatic rings. The lowest BCUT2D eigenvalue weighted by molar-refractivity contribution is 0.407. The Labute approximate surface area is 115 Å². The summed E-state index contributed by atoms with van der Waals surface area (Å²) in [6.07, 6.45) is 0. The second-order valence-corrected chi connectivity index (χ2v) is 4.28. The van der Waals surface area contributed by atoms with Gasteiger partial charge in [-0.1, -0.05) is 18.2 Å². The molecule has 5 nitrogen and oxygen atoms in total.